The quantitative estimate of drug-likeness (QED) is 0.658. The van der Waals surface area contributed by atoms with E-state index in [-0.39, 0.29) is 37.0 Å². The first-order chi connectivity index (χ1) is 11.3. The molecule has 0 saturated carbocycles. The van der Waals surface area contributed by atoms with Crippen LogP contribution in [0, 0.1) is 0 Å². The van der Waals surface area contributed by atoms with E-state index >= 15 is 0 Å². The van der Waals surface area contributed by atoms with Crippen molar-refractivity contribution >= 4 is 17.7 Å². The van der Waals surface area contributed by atoms with Gasteiger partial charge < -0.3 is 20.7 Å². The van der Waals surface area contributed by atoms with Gasteiger partial charge in [0.15, 0.2) is 0 Å². The monoisotopic (exact) mass is 335 g/mol. The van der Waals surface area contributed by atoms with Crippen LogP contribution in [0.3, 0.4) is 0 Å². The molecule has 24 heavy (non-hydrogen) atoms. The molecule has 3 amide bonds. The predicted molar refractivity (Wildman–Crippen MR) is 90.5 cm³/mol. The van der Waals surface area contributed by atoms with Crippen molar-refractivity contribution in [2.75, 3.05) is 13.1 Å². The lowest BCUT2D eigenvalue weighted by Gasteiger charge is -2.17. The maximum absolute atomic E-state index is 11.9. The minimum atomic E-state index is -0.416. The minimum absolute atomic E-state index is 0.0731. The van der Waals surface area contributed by atoms with Gasteiger partial charge in [-0.2, -0.15) is 0 Å². The van der Waals surface area contributed by atoms with E-state index in [1.54, 1.807) is 0 Å². The van der Waals surface area contributed by atoms with Gasteiger partial charge >= 0.3 is 0 Å². The zero-order chi connectivity index (χ0) is 18.1. The van der Waals surface area contributed by atoms with E-state index in [9.17, 15) is 14.4 Å². The number of nitrogens with one attached hydrogen (secondary N) is 3. The Morgan fingerprint density at radius 1 is 1.04 bits per heavy atom. The lowest BCUT2D eigenvalue weighted by Crippen LogP contribution is -2.42. The summed E-state index contributed by atoms with van der Waals surface area (Å²) in [6, 6.07) is 7.28. The lowest BCUT2D eigenvalue weighted by atomic mass is 10.1. The van der Waals surface area contributed by atoms with E-state index < -0.39 is 5.91 Å². The van der Waals surface area contributed by atoms with Crippen molar-refractivity contribution in [1.29, 1.82) is 0 Å². The van der Waals surface area contributed by atoms with Gasteiger partial charge in [0.25, 0.3) is 0 Å². The maximum Gasteiger partial charge on any atom is 0.239 e. The van der Waals surface area contributed by atoms with Crippen LogP contribution in [0.15, 0.2) is 24.3 Å². The van der Waals surface area contributed by atoms with Crippen molar-refractivity contribution < 1.29 is 19.1 Å². The highest BCUT2D eigenvalue weighted by molar-refractivity contribution is 5.87. The molecule has 132 valence electrons. The molecule has 7 heteroatoms. The highest BCUT2D eigenvalue weighted by atomic mass is 16.5. The molecule has 3 N–H and O–H groups in total. The fraction of sp³-hybridized carbons (Fsp3) is 0.471. The summed E-state index contributed by atoms with van der Waals surface area (Å²) in [4.78, 5) is 34.0. The Labute approximate surface area is 142 Å². The van der Waals surface area contributed by atoms with Crippen LogP contribution < -0.4 is 20.7 Å². The lowest BCUT2D eigenvalue weighted by molar-refractivity contribution is -0.127. The van der Waals surface area contributed by atoms with Gasteiger partial charge in [-0.05, 0) is 38.5 Å². The summed E-state index contributed by atoms with van der Waals surface area (Å²) in [5.74, 6) is -0.284. The molecular weight excluding hydrogens is 310 g/mol. The molecule has 0 unspecified atom stereocenters. The Morgan fingerprint density at radius 3 is 2.33 bits per heavy atom. The average molecular weight is 335 g/mol. The van der Waals surface area contributed by atoms with Crippen LogP contribution in [0.2, 0.25) is 0 Å². The molecule has 0 heterocycles. The first-order valence-corrected chi connectivity index (χ1v) is 7.85. The largest absolute Gasteiger partial charge is 0.491 e. The predicted octanol–water partition coefficient (Wildman–Crippen LogP) is 0.903. The summed E-state index contributed by atoms with van der Waals surface area (Å²) in [5, 5.41) is 7.60. The minimum Gasteiger partial charge on any atom is -0.491 e. The number of benzene rings is 1. The van der Waals surface area contributed by atoms with E-state index in [1.165, 1.54) is 6.92 Å². The molecule has 0 aliphatic carbocycles. The van der Waals surface area contributed by atoms with Crippen LogP contribution in [-0.2, 0) is 14.4 Å². The summed E-state index contributed by atoms with van der Waals surface area (Å²) in [6.07, 6.45) is 0.0731. The van der Waals surface area contributed by atoms with E-state index in [0.29, 0.717) is 0 Å². The Bertz CT molecular complexity index is 587. The third kappa shape index (κ3) is 7.62. The molecule has 0 bridgehead atoms. The summed E-state index contributed by atoms with van der Waals surface area (Å²) < 4.78 is 5.63. The van der Waals surface area contributed by atoms with Gasteiger partial charge in [-0.15, -0.1) is 0 Å². The van der Waals surface area contributed by atoms with Crippen LogP contribution in [0.4, 0.5) is 0 Å². The number of ether oxygens (including phenoxy) is 1. The molecule has 0 saturated heterocycles. The number of rotatable bonds is 8. The SMILES string of the molecule is CC(=O)NCC(=O)NCC(=O)N[C@@H](C)c1cccc(OC(C)C)c1. The molecule has 0 fully saturated rings. The molecular formula is C17H25N3O4. The highest BCUT2D eigenvalue weighted by Gasteiger charge is 2.12. The van der Waals surface area contributed by atoms with Crippen molar-refractivity contribution in [3.63, 3.8) is 0 Å². The van der Waals surface area contributed by atoms with Gasteiger partial charge in [0, 0.05) is 6.92 Å². The third-order valence-corrected chi connectivity index (χ3v) is 3.05. The Morgan fingerprint density at radius 2 is 1.71 bits per heavy atom. The molecule has 0 spiro atoms. The number of carbonyl (C=O) groups excluding carboxylic acids is 3. The normalized spacial score (nSPS) is 11.5. The Hall–Kier alpha value is -2.57. The zero-order valence-electron chi connectivity index (χ0n) is 14.5. The topological polar surface area (TPSA) is 96.5 Å². The molecule has 1 aromatic carbocycles. The van der Waals surface area contributed by atoms with Crippen molar-refractivity contribution in [1.82, 2.24) is 16.0 Å². The molecule has 0 aliphatic heterocycles. The van der Waals surface area contributed by atoms with Gasteiger partial charge in [0.05, 0.1) is 25.2 Å². The van der Waals surface area contributed by atoms with Gasteiger partial charge in [-0.1, -0.05) is 12.1 Å². The van der Waals surface area contributed by atoms with Crippen LogP contribution in [0.5, 0.6) is 5.75 Å². The number of carbonyl (C=O) groups is 3. The van der Waals surface area contributed by atoms with Gasteiger partial charge in [-0.3, -0.25) is 14.4 Å². The highest BCUT2D eigenvalue weighted by Crippen LogP contribution is 2.19. The second-order valence-electron chi connectivity index (χ2n) is 5.71. The number of hydrogen-bond acceptors (Lipinski definition) is 4. The number of hydrogen-bond donors (Lipinski definition) is 3. The van der Waals surface area contributed by atoms with Crippen LogP contribution >= 0.6 is 0 Å². The fourth-order valence-corrected chi connectivity index (χ4v) is 1.95. The van der Waals surface area contributed by atoms with Crippen molar-refractivity contribution in [3.05, 3.63) is 29.8 Å². The smallest absolute Gasteiger partial charge is 0.239 e. The van der Waals surface area contributed by atoms with Crippen molar-refractivity contribution in [2.24, 2.45) is 0 Å². The first-order valence-electron chi connectivity index (χ1n) is 7.85. The van der Waals surface area contributed by atoms with Crippen LogP contribution in [0.1, 0.15) is 39.3 Å². The second-order valence-corrected chi connectivity index (χ2v) is 5.71. The molecule has 1 atom stereocenters. The standard InChI is InChI=1S/C17H25N3O4/c1-11(2)24-15-7-5-6-14(8-15)12(3)20-17(23)10-19-16(22)9-18-13(4)21/h5-8,11-12H,9-10H2,1-4H3,(H,18,21)(H,19,22)(H,20,23)/t12-/m0/s1. The first kappa shape index (κ1) is 19.5. The summed E-state index contributed by atoms with van der Waals surface area (Å²) in [7, 11) is 0. The van der Waals surface area contributed by atoms with Gasteiger partial charge in [0.2, 0.25) is 17.7 Å². The summed E-state index contributed by atoms with van der Waals surface area (Å²) in [5.41, 5.74) is 0.908. The third-order valence-electron chi connectivity index (χ3n) is 3.05. The number of amides is 3. The van der Waals surface area contributed by atoms with Crippen molar-refractivity contribution in [2.45, 2.75) is 39.8 Å². The van der Waals surface area contributed by atoms with Gasteiger partial charge in [0.1, 0.15) is 5.75 Å². The molecule has 7 nitrogen and oxygen atoms in total. The van der Waals surface area contributed by atoms with E-state index in [4.69, 9.17) is 4.74 Å². The molecule has 0 aliphatic rings. The van der Waals surface area contributed by atoms with Crippen molar-refractivity contribution in [3.8, 4) is 5.75 Å². The van der Waals surface area contributed by atoms with E-state index in [2.05, 4.69) is 16.0 Å². The molecule has 1 rings (SSSR count). The average Bonchev–Trinajstić information content (AvgIpc) is 2.50. The zero-order valence-corrected chi connectivity index (χ0v) is 14.5. The van der Waals surface area contributed by atoms with E-state index in [0.717, 1.165) is 11.3 Å². The Balaban J connectivity index is 2.46. The second kappa shape index (κ2) is 9.54. The molecule has 0 radical (unpaired) electrons. The van der Waals surface area contributed by atoms with Crippen LogP contribution in [-0.4, -0.2) is 36.9 Å². The van der Waals surface area contributed by atoms with Gasteiger partial charge in [-0.25, -0.2) is 0 Å². The van der Waals surface area contributed by atoms with Crippen LogP contribution in [0.25, 0.3) is 0 Å². The summed E-state index contributed by atoms with van der Waals surface area (Å²) in [6.45, 7) is 6.77. The maximum atomic E-state index is 11.9. The molecule has 0 aromatic heterocycles. The Kier molecular flexibility index (Phi) is 7.74. The fourth-order valence-electron chi connectivity index (χ4n) is 1.95. The summed E-state index contributed by atoms with van der Waals surface area (Å²) >= 11 is 0. The molecule has 1 aromatic rings. The van der Waals surface area contributed by atoms with E-state index in [1.807, 2.05) is 45.0 Å².